The highest BCUT2D eigenvalue weighted by atomic mass is 32.1. The van der Waals surface area contributed by atoms with Gasteiger partial charge in [0, 0.05) is 42.6 Å². The molecule has 10 heteroatoms. The number of aryl methyl sites for hydroxylation is 1. The van der Waals surface area contributed by atoms with E-state index < -0.39 is 47.8 Å². The Morgan fingerprint density at radius 2 is 1.62 bits per heavy atom. The van der Waals surface area contributed by atoms with Crippen molar-refractivity contribution in [3.8, 4) is 10.4 Å². The number of carbonyl (C=O) groups is 3. The van der Waals surface area contributed by atoms with E-state index in [-0.39, 0.29) is 0 Å². The third-order valence-electron chi connectivity index (χ3n) is 6.30. The topological polar surface area (TPSA) is 114 Å². The van der Waals surface area contributed by atoms with Gasteiger partial charge in [-0.25, -0.2) is 0 Å². The van der Waals surface area contributed by atoms with Crippen molar-refractivity contribution in [3.63, 3.8) is 0 Å². The Kier molecular flexibility index (Phi) is 8.99. The van der Waals surface area contributed by atoms with Crippen molar-refractivity contribution < 1.29 is 33.3 Å². The first-order chi connectivity index (χ1) is 18.5. The minimum atomic E-state index is -1.29. The molecule has 0 saturated carbocycles. The Labute approximate surface area is 236 Å². The van der Waals surface area contributed by atoms with Crippen LogP contribution in [0.5, 0.6) is 0 Å². The maximum Gasteiger partial charge on any atom is 0.305 e. The van der Waals surface area contributed by atoms with Crippen LogP contribution in [0.2, 0.25) is 0 Å². The Morgan fingerprint density at radius 3 is 2.28 bits per heavy atom. The van der Waals surface area contributed by atoms with Crippen molar-refractivity contribution in [1.29, 1.82) is 0 Å². The molecule has 0 aliphatic carbocycles. The molecule has 1 unspecified atom stereocenters. The molecular formula is C29H31NO7S2. The van der Waals surface area contributed by atoms with Crippen molar-refractivity contribution >= 4 is 47.6 Å². The van der Waals surface area contributed by atoms with Crippen LogP contribution >= 0.6 is 24.0 Å². The van der Waals surface area contributed by atoms with Gasteiger partial charge in [-0.05, 0) is 53.4 Å². The van der Waals surface area contributed by atoms with E-state index in [4.69, 9.17) is 37.3 Å². The largest absolute Gasteiger partial charge is 0.457 e. The molecule has 2 aromatic carbocycles. The second kappa shape index (κ2) is 12.2. The number of hydrogen-bond donors (Lipinski definition) is 2. The zero-order valence-electron chi connectivity index (χ0n) is 22.1. The van der Waals surface area contributed by atoms with Crippen molar-refractivity contribution in [2.24, 2.45) is 0 Å². The molecule has 1 fully saturated rings. The van der Waals surface area contributed by atoms with Crippen LogP contribution in [0.1, 0.15) is 48.4 Å². The van der Waals surface area contributed by atoms with Crippen LogP contribution in [0.3, 0.4) is 0 Å². The number of thiophene rings is 1. The lowest BCUT2D eigenvalue weighted by Gasteiger charge is -2.43. The number of anilines is 1. The molecule has 0 bridgehead atoms. The summed E-state index contributed by atoms with van der Waals surface area (Å²) < 4.78 is 22.4. The summed E-state index contributed by atoms with van der Waals surface area (Å²) in [5.41, 5.74) is 10.7. The summed E-state index contributed by atoms with van der Waals surface area (Å²) in [5.74, 6) is -1.85. The first kappa shape index (κ1) is 28.7. The van der Waals surface area contributed by atoms with Crippen molar-refractivity contribution in [3.05, 3.63) is 76.2 Å². The highest BCUT2D eigenvalue weighted by molar-refractivity contribution is 7.81. The number of nitrogen functional groups attached to an aromatic ring is 1. The monoisotopic (exact) mass is 569 g/mol. The fourth-order valence-corrected chi connectivity index (χ4v) is 6.07. The standard InChI is InChI=1S/C29H31NO7S2/c1-15-8-9-20(12-21(15)14-23-10-11-24(39-23)19-6-5-7-22(30)13-19)25-28(38)26(34-16(2)31)27(35-17(3)32)29(37-25)36-18(4)33/h5-13,25-29,38H,14,30H2,1-4H3/t25?,26-,27-,28-,29-/m0/s1. The molecule has 8 nitrogen and oxygen atoms in total. The van der Waals surface area contributed by atoms with Gasteiger partial charge in [0.1, 0.15) is 6.10 Å². The molecule has 3 aromatic rings. The van der Waals surface area contributed by atoms with Gasteiger partial charge in [-0.15, -0.1) is 11.3 Å². The van der Waals surface area contributed by atoms with Crippen molar-refractivity contribution in [1.82, 2.24) is 0 Å². The average molecular weight is 570 g/mol. The zero-order chi connectivity index (χ0) is 28.3. The van der Waals surface area contributed by atoms with Gasteiger partial charge >= 0.3 is 17.9 Å². The maximum atomic E-state index is 11.9. The Hall–Kier alpha value is -3.34. The molecule has 0 amide bonds. The molecule has 206 valence electrons. The van der Waals surface area contributed by atoms with E-state index in [1.54, 1.807) is 11.3 Å². The lowest BCUT2D eigenvalue weighted by molar-refractivity contribution is -0.266. The molecule has 2 N–H and O–H groups in total. The van der Waals surface area contributed by atoms with Gasteiger partial charge in [-0.3, -0.25) is 14.4 Å². The highest BCUT2D eigenvalue weighted by Gasteiger charge is 2.50. The second-order valence-corrected chi connectivity index (χ2v) is 11.2. The maximum absolute atomic E-state index is 11.9. The lowest BCUT2D eigenvalue weighted by atomic mass is 9.92. The smallest absolute Gasteiger partial charge is 0.305 e. The van der Waals surface area contributed by atoms with Gasteiger partial charge in [-0.2, -0.15) is 12.6 Å². The highest BCUT2D eigenvalue weighted by Crippen LogP contribution is 2.40. The van der Waals surface area contributed by atoms with E-state index in [2.05, 4.69) is 12.1 Å². The molecule has 0 radical (unpaired) electrons. The number of thiol groups is 1. The summed E-state index contributed by atoms with van der Waals surface area (Å²) in [4.78, 5) is 37.9. The summed E-state index contributed by atoms with van der Waals surface area (Å²) in [6.07, 6.45) is -3.50. The van der Waals surface area contributed by atoms with Crippen LogP contribution in [0.25, 0.3) is 10.4 Å². The molecule has 1 aliphatic heterocycles. The molecule has 39 heavy (non-hydrogen) atoms. The lowest BCUT2D eigenvalue weighted by Crippen LogP contribution is -2.56. The van der Waals surface area contributed by atoms with E-state index in [0.717, 1.165) is 32.8 Å². The predicted octanol–water partition coefficient (Wildman–Crippen LogP) is 5.02. The Balaban J connectivity index is 1.63. The van der Waals surface area contributed by atoms with E-state index in [1.165, 1.54) is 25.6 Å². The first-order valence-corrected chi connectivity index (χ1v) is 13.7. The summed E-state index contributed by atoms with van der Waals surface area (Å²) in [6, 6.07) is 17.9. The van der Waals surface area contributed by atoms with Crippen LogP contribution < -0.4 is 5.73 Å². The number of esters is 3. The number of benzene rings is 2. The fourth-order valence-electron chi connectivity index (χ4n) is 4.57. The molecule has 1 saturated heterocycles. The second-order valence-electron chi connectivity index (χ2n) is 9.43. The Bertz CT molecular complexity index is 1370. The third-order valence-corrected chi connectivity index (χ3v) is 8.00. The van der Waals surface area contributed by atoms with Gasteiger partial charge in [0.25, 0.3) is 0 Å². The third kappa shape index (κ3) is 7.00. The van der Waals surface area contributed by atoms with Gasteiger partial charge in [0.05, 0.1) is 5.25 Å². The average Bonchev–Trinajstić information content (AvgIpc) is 3.32. The molecule has 1 aliphatic rings. The molecule has 2 heterocycles. The number of ether oxygens (including phenoxy) is 4. The summed E-state index contributed by atoms with van der Waals surface area (Å²) in [7, 11) is 0. The van der Waals surface area contributed by atoms with Crippen LogP contribution in [-0.2, 0) is 39.8 Å². The SMILES string of the molecule is CC(=O)O[C@H]1OC(c2ccc(C)c(Cc3ccc(-c4cccc(N)c4)s3)c2)[C@H](S)[C@@H](OC(C)=O)[C@@H]1OC(C)=O. The number of nitrogens with two attached hydrogens (primary N) is 1. The summed E-state index contributed by atoms with van der Waals surface area (Å²) >= 11 is 6.41. The van der Waals surface area contributed by atoms with Gasteiger partial charge in [0.2, 0.25) is 12.4 Å². The molecule has 5 atom stereocenters. The zero-order valence-corrected chi connectivity index (χ0v) is 23.8. The summed E-state index contributed by atoms with van der Waals surface area (Å²) in [6.45, 7) is 5.72. The normalized spacial score (nSPS) is 22.6. The van der Waals surface area contributed by atoms with Gasteiger partial charge in [0.15, 0.2) is 6.10 Å². The molecule has 4 rings (SSSR count). The number of carbonyl (C=O) groups excluding carboxylic acids is 3. The molecule has 0 spiro atoms. The van der Waals surface area contributed by atoms with Crippen molar-refractivity contribution in [2.45, 2.75) is 64.0 Å². The van der Waals surface area contributed by atoms with E-state index in [9.17, 15) is 14.4 Å². The minimum Gasteiger partial charge on any atom is -0.457 e. The fraction of sp³-hybridized carbons (Fsp3) is 0.345. The number of hydrogen-bond acceptors (Lipinski definition) is 10. The quantitative estimate of drug-likeness (QED) is 0.177. The molecule has 1 aromatic heterocycles. The van der Waals surface area contributed by atoms with E-state index in [0.29, 0.717) is 6.42 Å². The summed E-state index contributed by atoms with van der Waals surface area (Å²) in [5, 5.41) is -0.711. The minimum absolute atomic E-state index is 0.586. The van der Waals surface area contributed by atoms with Crippen LogP contribution in [0, 0.1) is 6.92 Å². The number of rotatable bonds is 7. The van der Waals surface area contributed by atoms with E-state index in [1.807, 2.05) is 49.4 Å². The van der Waals surface area contributed by atoms with Crippen LogP contribution in [0.4, 0.5) is 5.69 Å². The van der Waals surface area contributed by atoms with Crippen LogP contribution in [0.15, 0.2) is 54.6 Å². The van der Waals surface area contributed by atoms with E-state index >= 15 is 0 Å². The Morgan fingerprint density at radius 1 is 0.923 bits per heavy atom. The predicted molar refractivity (Wildman–Crippen MR) is 151 cm³/mol. The van der Waals surface area contributed by atoms with Gasteiger partial charge in [-0.1, -0.05) is 30.3 Å². The van der Waals surface area contributed by atoms with Crippen molar-refractivity contribution in [2.75, 3.05) is 5.73 Å². The van der Waals surface area contributed by atoms with Crippen LogP contribution in [-0.4, -0.2) is 41.7 Å². The molecular weight excluding hydrogens is 538 g/mol. The van der Waals surface area contributed by atoms with Gasteiger partial charge < -0.3 is 24.7 Å². The first-order valence-electron chi connectivity index (χ1n) is 12.4.